The Kier molecular flexibility index (Phi) is 9.11. The first-order chi connectivity index (χ1) is 18.9. The molecular weight excluding hydrogens is 524 g/mol. The topological polar surface area (TPSA) is 122 Å². The summed E-state index contributed by atoms with van der Waals surface area (Å²) in [5.74, 6) is 0.250. The van der Waals surface area contributed by atoms with Crippen LogP contribution in [0.2, 0.25) is 5.02 Å². The van der Waals surface area contributed by atoms with Crippen LogP contribution in [0, 0.1) is 0 Å². The molecule has 0 aliphatic carbocycles. The fourth-order valence-corrected chi connectivity index (χ4v) is 4.06. The van der Waals surface area contributed by atoms with Crippen LogP contribution < -0.4 is 10.1 Å². The Bertz CT molecular complexity index is 1430. The van der Waals surface area contributed by atoms with Gasteiger partial charge in [-0.15, -0.1) is 0 Å². The standard InChI is InChI=1S/C28H27ClN4O6/c1-4-36-26(34)19-10-8-18(9-11-19)23(33-27-31-13-6-14-32-27)21-15-22(29)20-7-5-12-30-24(20)25(21)37-16-38-28(35)39-17(2)3/h5-15,17,23H,4,16H2,1-3H3,(H,31,32,33). The van der Waals surface area contributed by atoms with Gasteiger partial charge < -0.3 is 24.3 Å². The van der Waals surface area contributed by atoms with Gasteiger partial charge in [-0.3, -0.25) is 4.98 Å². The lowest BCUT2D eigenvalue weighted by Crippen LogP contribution is -2.19. The first kappa shape index (κ1) is 27.6. The van der Waals surface area contributed by atoms with Crippen LogP contribution in [0.3, 0.4) is 0 Å². The molecule has 10 nitrogen and oxygen atoms in total. The third kappa shape index (κ3) is 6.91. The number of carbonyl (C=O) groups excluding carboxylic acids is 2. The number of halogens is 1. The smallest absolute Gasteiger partial charge is 0.462 e. The molecule has 11 heteroatoms. The van der Waals surface area contributed by atoms with Crippen LogP contribution in [0.25, 0.3) is 10.9 Å². The van der Waals surface area contributed by atoms with Gasteiger partial charge >= 0.3 is 12.1 Å². The molecule has 0 spiro atoms. The van der Waals surface area contributed by atoms with Gasteiger partial charge in [0.1, 0.15) is 5.52 Å². The monoisotopic (exact) mass is 550 g/mol. The van der Waals surface area contributed by atoms with Crippen LogP contribution >= 0.6 is 11.6 Å². The lowest BCUT2D eigenvalue weighted by atomic mass is 9.95. The summed E-state index contributed by atoms with van der Waals surface area (Å²) in [6.07, 6.45) is 3.62. The number of rotatable bonds is 10. The number of aromatic nitrogens is 3. The molecule has 4 aromatic rings. The predicted octanol–water partition coefficient (Wildman–Crippen LogP) is 5.95. The van der Waals surface area contributed by atoms with Gasteiger partial charge in [0.05, 0.1) is 29.3 Å². The van der Waals surface area contributed by atoms with E-state index in [-0.39, 0.29) is 12.7 Å². The number of benzene rings is 2. The van der Waals surface area contributed by atoms with Crippen LogP contribution in [0.4, 0.5) is 10.7 Å². The fourth-order valence-electron chi connectivity index (χ4n) is 3.79. The van der Waals surface area contributed by atoms with E-state index in [0.717, 1.165) is 5.56 Å². The highest BCUT2D eigenvalue weighted by Gasteiger charge is 2.25. The molecule has 0 fully saturated rings. The van der Waals surface area contributed by atoms with E-state index in [1.54, 1.807) is 81.8 Å². The van der Waals surface area contributed by atoms with Crippen LogP contribution in [0.15, 0.2) is 67.1 Å². The van der Waals surface area contributed by atoms with E-state index in [1.807, 2.05) is 6.07 Å². The minimum absolute atomic E-state index is 0.270. The van der Waals surface area contributed by atoms with Crippen molar-refractivity contribution in [2.45, 2.75) is 32.9 Å². The maximum atomic E-state index is 12.2. The minimum Gasteiger partial charge on any atom is -0.462 e. The number of hydrogen-bond donors (Lipinski definition) is 1. The molecule has 4 rings (SSSR count). The summed E-state index contributed by atoms with van der Waals surface area (Å²) >= 11 is 6.69. The highest BCUT2D eigenvalue weighted by molar-refractivity contribution is 6.35. The molecule has 39 heavy (non-hydrogen) atoms. The number of nitrogens with zero attached hydrogens (tertiary/aromatic N) is 3. The third-order valence-electron chi connectivity index (χ3n) is 5.44. The van der Waals surface area contributed by atoms with E-state index in [4.69, 9.17) is 30.5 Å². The van der Waals surface area contributed by atoms with Crippen molar-refractivity contribution in [1.82, 2.24) is 15.0 Å². The van der Waals surface area contributed by atoms with Crippen LogP contribution in [0.5, 0.6) is 5.75 Å². The SMILES string of the molecule is CCOC(=O)c1ccc(C(Nc2ncccn2)c2cc(Cl)c3cccnc3c2OCOC(=O)OC(C)C)cc1. The van der Waals surface area contributed by atoms with Gasteiger partial charge in [0.15, 0.2) is 5.75 Å². The van der Waals surface area contributed by atoms with E-state index < -0.39 is 25.0 Å². The molecule has 0 radical (unpaired) electrons. The van der Waals surface area contributed by atoms with E-state index in [0.29, 0.717) is 38.8 Å². The molecule has 0 aliphatic heterocycles. The Hall–Kier alpha value is -4.44. The summed E-state index contributed by atoms with van der Waals surface area (Å²) in [6, 6.07) is 13.3. The maximum absolute atomic E-state index is 12.2. The lowest BCUT2D eigenvalue weighted by Gasteiger charge is -2.24. The molecule has 2 aromatic heterocycles. The molecular formula is C28H27ClN4O6. The Labute approximate surface area is 230 Å². The van der Waals surface area contributed by atoms with E-state index in [1.165, 1.54) is 0 Å². The predicted molar refractivity (Wildman–Crippen MR) is 145 cm³/mol. The number of ether oxygens (including phenoxy) is 4. The Morgan fingerprint density at radius 2 is 1.69 bits per heavy atom. The number of anilines is 1. The van der Waals surface area contributed by atoms with Crippen molar-refractivity contribution in [3.05, 3.63) is 88.8 Å². The summed E-state index contributed by atoms with van der Waals surface area (Å²) in [5, 5.41) is 4.39. The first-order valence-electron chi connectivity index (χ1n) is 12.2. The Morgan fingerprint density at radius 1 is 0.974 bits per heavy atom. The second-order valence-electron chi connectivity index (χ2n) is 8.49. The van der Waals surface area contributed by atoms with Gasteiger partial charge in [-0.05, 0) is 62.7 Å². The number of carbonyl (C=O) groups is 2. The Balaban J connectivity index is 1.78. The molecule has 0 saturated carbocycles. The van der Waals surface area contributed by atoms with Gasteiger partial charge in [0.25, 0.3) is 0 Å². The highest BCUT2D eigenvalue weighted by Crippen LogP contribution is 2.40. The number of nitrogens with one attached hydrogen (secondary N) is 1. The number of pyridine rings is 1. The molecule has 2 heterocycles. The van der Waals surface area contributed by atoms with Crippen LogP contribution in [-0.2, 0) is 14.2 Å². The summed E-state index contributed by atoms with van der Waals surface area (Å²) in [6.45, 7) is 5.02. The van der Waals surface area contributed by atoms with Gasteiger partial charge in [-0.2, -0.15) is 0 Å². The van der Waals surface area contributed by atoms with Crippen molar-refractivity contribution < 1.29 is 28.5 Å². The van der Waals surface area contributed by atoms with Gasteiger partial charge in [-0.25, -0.2) is 19.6 Å². The molecule has 0 bridgehead atoms. The molecule has 1 N–H and O–H groups in total. The number of esters is 1. The highest BCUT2D eigenvalue weighted by atomic mass is 35.5. The van der Waals surface area contributed by atoms with E-state index in [9.17, 15) is 9.59 Å². The van der Waals surface area contributed by atoms with E-state index >= 15 is 0 Å². The molecule has 1 atom stereocenters. The van der Waals surface area contributed by atoms with Crippen molar-refractivity contribution in [3.63, 3.8) is 0 Å². The van der Waals surface area contributed by atoms with Gasteiger partial charge in [0, 0.05) is 29.5 Å². The third-order valence-corrected chi connectivity index (χ3v) is 5.75. The molecule has 2 aromatic carbocycles. The van der Waals surface area contributed by atoms with Crippen LogP contribution in [0.1, 0.15) is 48.3 Å². The van der Waals surface area contributed by atoms with Gasteiger partial charge in [-0.1, -0.05) is 23.7 Å². The molecule has 0 saturated heterocycles. The molecule has 0 amide bonds. The van der Waals surface area contributed by atoms with Gasteiger partial charge in [0.2, 0.25) is 12.7 Å². The summed E-state index contributed by atoms with van der Waals surface area (Å²) < 4.78 is 21.2. The van der Waals surface area contributed by atoms with Crippen molar-refractivity contribution in [3.8, 4) is 5.75 Å². The zero-order chi connectivity index (χ0) is 27.8. The second kappa shape index (κ2) is 12.9. The number of hydrogen-bond acceptors (Lipinski definition) is 10. The number of fused-ring (bicyclic) bond motifs is 1. The van der Waals surface area contributed by atoms with E-state index in [2.05, 4.69) is 20.3 Å². The maximum Gasteiger partial charge on any atom is 0.511 e. The van der Waals surface area contributed by atoms with Crippen molar-refractivity contribution >= 4 is 40.6 Å². The first-order valence-corrected chi connectivity index (χ1v) is 12.6. The second-order valence-corrected chi connectivity index (χ2v) is 8.90. The Morgan fingerprint density at radius 3 is 2.38 bits per heavy atom. The summed E-state index contributed by atoms with van der Waals surface area (Å²) in [5.41, 5.74) is 2.18. The van der Waals surface area contributed by atoms with Crippen molar-refractivity contribution in [1.29, 1.82) is 0 Å². The summed E-state index contributed by atoms with van der Waals surface area (Å²) in [7, 11) is 0. The van der Waals surface area contributed by atoms with Crippen molar-refractivity contribution in [2.24, 2.45) is 0 Å². The quantitative estimate of drug-likeness (QED) is 0.187. The van der Waals surface area contributed by atoms with Crippen LogP contribution in [-0.4, -0.2) is 46.6 Å². The fraction of sp³-hybridized carbons (Fsp3) is 0.250. The minimum atomic E-state index is -0.861. The molecule has 202 valence electrons. The average Bonchev–Trinajstić information content (AvgIpc) is 2.93. The normalized spacial score (nSPS) is 11.6. The average molecular weight is 551 g/mol. The van der Waals surface area contributed by atoms with Crippen molar-refractivity contribution in [2.75, 3.05) is 18.7 Å². The largest absolute Gasteiger partial charge is 0.511 e. The molecule has 1 unspecified atom stereocenters. The molecule has 0 aliphatic rings. The zero-order valence-corrected chi connectivity index (χ0v) is 22.3. The zero-order valence-electron chi connectivity index (χ0n) is 21.6. The summed E-state index contributed by atoms with van der Waals surface area (Å²) in [4.78, 5) is 37.2. The lowest BCUT2D eigenvalue weighted by molar-refractivity contribution is -0.00809.